The largest absolute Gasteiger partial charge is 0.272 e. The Morgan fingerprint density at radius 2 is 2.56 bits per heavy atom. The van der Waals surface area contributed by atoms with Crippen molar-refractivity contribution in [2.45, 2.75) is 13.5 Å². The zero-order chi connectivity index (χ0) is 6.69. The molecule has 0 spiro atoms. The summed E-state index contributed by atoms with van der Waals surface area (Å²) < 4.78 is 1.89. The van der Waals surface area contributed by atoms with Crippen LogP contribution in [0.4, 0.5) is 0 Å². The molecule has 0 aliphatic carbocycles. The summed E-state index contributed by atoms with van der Waals surface area (Å²) in [6.07, 6.45) is 3.86. The molecular weight excluding hydrogens is 132 g/mol. The summed E-state index contributed by atoms with van der Waals surface area (Å²) in [7, 11) is 0. The van der Waals surface area contributed by atoms with E-state index >= 15 is 0 Å². The molecule has 0 fully saturated rings. The maximum absolute atomic E-state index is 4.08. The lowest BCUT2D eigenvalue weighted by atomic mass is 10.4. The second-order valence-corrected chi connectivity index (χ2v) is 2.45. The topological polar surface area (TPSA) is 17.8 Å². The Morgan fingerprint density at radius 3 is 3.00 bits per heavy atom. The van der Waals surface area contributed by atoms with Gasteiger partial charge in [0.2, 0.25) is 0 Å². The molecule has 0 aliphatic heterocycles. The van der Waals surface area contributed by atoms with Gasteiger partial charge in [-0.1, -0.05) is 0 Å². The molecule has 0 amide bonds. The summed E-state index contributed by atoms with van der Waals surface area (Å²) in [5.74, 6) is 0.848. The second-order valence-electron chi connectivity index (χ2n) is 2.00. The molecule has 0 aromatic carbocycles. The molecule has 0 unspecified atom stereocenters. The SMILES string of the molecule is Cc1cnn(CCS)c1. The third kappa shape index (κ3) is 1.75. The van der Waals surface area contributed by atoms with Crippen LogP contribution < -0.4 is 0 Å². The molecule has 9 heavy (non-hydrogen) atoms. The first-order valence-corrected chi connectivity index (χ1v) is 3.56. The van der Waals surface area contributed by atoms with E-state index in [2.05, 4.69) is 17.7 Å². The van der Waals surface area contributed by atoms with Gasteiger partial charge in [-0.25, -0.2) is 0 Å². The van der Waals surface area contributed by atoms with Crippen molar-refractivity contribution < 1.29 is 0 Å². The van der Waals surface area contributed by atoms with Crippen molar-refractivity contribution in [1.82, 2.24) is 9.78 Å². The molecule has 0 aliphatic rings. The van der Waals surface area contributed by atoms with Gasteiger partial charge in [-0.3, -0.25) is 4.68 Å². The predicted molar refractivity (Wildman–Crippen MR) is 40.8 cm³/mol. The van der Waals surface area contributed by atoms with E-state index < -0.39 is 0 Å². The number of rotatable bonds is 2. The zero-order valence-corrected chi connectivity index (χ0v) is 6.30. The monoisotopic (exact) mass is 142 g/mol. The Labute approximate surface area is 60.3 Å². The van der Waals surface area contributed by atoms with Crippen LogP contribution in [0.3, 0.4) is 0 Å². The van der Waals surface area contributed by atoms with Crippen molar-refractivity contribution in [3.63, 3.8) is 0 Å². The van der Waals surface area contributed by atoms with Gasteiger partial charge in [0, 0.05) is 18.5 Å². The number of hydrogen-bond donors (Lipinski definition) is 1. The molecule has 1 rings (SSSR count). The fourth-order valence-electron chi connectivity index (χ4n) is 0.692. The predicted octanol–water partition coefficient (Wildman–Crippen LogP) is 1.12. The number of aryl methyl sites for hydroxylation is 2. The first kappa shape index (κ1) is 6.68. The van der Waals surface area contributed by atoms with Crippen LogP contribution in [0.2, 0.25) is 0 Å². The van der Waals surface area contributed by atoms with Gasteiger partial charge in [0.25, 0.3) is 0 Å². The van der Waals surface area contributed by atoms with E-state index in [1.807, 2.05) is 24.0 Å². The standard InChI is InChI=1S/C6H10N2S/c1-6-4-7-8(5-6)2-3-9/h4-5,9H,2-3H2,1H3. The van der Waals surface area contributed by atoms with E-state index in [4.69, 9.17) is 0 Å². The van der Waals surface area contributed by atoms with Gasteiger partial charge in [-0.15, -0.1) is 0 Å². The fourth-order valence-corrected chi connectivity index (χ4v) is 0.897. The van der Waals surface area contributed by atoms with Crippen molar-refractivity contribution in [3.8, 4) is 0 Å². The summed E-state index contributed by atoms with van der Waals surface area (Å²) in [6.45, 7) is 2.93. The van der Waals surface area contributed by atoms with E-state index in [-0.39, 0.29) is 0 Å². The van der Waals surface area contributed by atoms with Crippen LogP contribution in [0.15, 0.2) is 12.4 Å². The summed E-state index contributed by atoms with van der Waals surface area (Å²) in [5, 5.41) is 4.07. The molecule has 1 heterocycles. The maximum atomic E-state index is 4.08. The third-order valence-electron chi connectivity index (χ3n) is 1.09. The molecule has 0 saturated heterocycles. The summed E-state index contributed by atoms with van der Waals surface area (Å²) in [4.78, 5) is 0. The lowest BCUT2D eigenvalue weighted by Gasteiger charge is -1.92. The molecular formula is C6H10N2S. The smallest absolute Gasteiger partial charge is 0.0518 e. The van der Waals surface area contributed by atoms with E-state index in [1.54, 1.807) is 0 Å². The normalized spacial score (nSPS) is 10.0. The van der Waals surface area contributed by atoms with Crippen molar-refractivity contribution in [1.29, 1.82) is 0 Å². The highest BCUT2D eigenvalue weighted by Crippen LogP contribution is 1.93. The highest BCUT2D eigenvalue weighted by molar-refractivity contribution is 7.80. The fraction of sp³-hybridized carbons (Fsp3) is 0.500. The van der Waals surface area contributed by atoms with Crippen LogP contribution in [0.25, 0.3) is 0 Å². The maximum Gasteiger partial charge on any atom is 0.0518 e. The minimum absolute atomic E-state index is 0.848. The van der Waals surface area contributed by atoms with Gasteiger partial charge in [0.05, 0.1) is 6.20 Å². The Kier molecular flexibility index (Phi) is 2.16. The molecule has 1 aromatic heterocycles. The third-order valence-corrected chi connectivity index (χ3v) is 1.29. The Balaban J connectivity index is 2.61. The number of nitrogens with zero attached hydrogens (tertiary/aromatic N) is 2. The summed E-state index contributed by atoms with van der Waals surface area (Å²) in [6, 6.07) is 0. The van der Waals surface area contributed by atoms with E-state index in [1.165, 1.54) is 5.56 Å². The van der Waals surface area contributed by atoms with Crippen molar-refractivity contribution >= 4 is 12.6 Å². The van der Waals surface area contributed by atoms with Crippen molar-refractivity contribution in [2.75, 3.05) is 5.75 Å². The quantitative estimate of drug-likeness (QED) is 0.613. The first-order chi connectivity index (χ1) is 4.33. The zero-order valence-electron chi connectivity index (χ0n) is 5.41. The minimum Gasteiger partial charge on any atom is -0.272 e. The van der Waals surface area contributed by atoms with Crippen LogP contribution in [-0.2, 0) is 6.54 Å². The van der Waals surface area contributed by atoms with E-state index in [0.717, 1.165) is 12.3 Å². The number of thiol groups is 1. The molecule has 0 saturated carbocycles. The summed E-state index contributed by atoms with van der Waals surface area (Å²) >= 11 is 4.08. The lowest BCUT2D eigenvalue weighted by molar-refractivity contribution is 0.667. The summed E-state index contributed by atoms with van der Waals surface area (Å²) in [5.41, 5.74) is 1.21. The molecule has 0 atom stereocenters. The van der Waals surface area contributed by atoms with Crippen LogP contribution in [0, 0.1) is 6.92 Å². The lowest BCUT2D eigenvalue weighted by Crippen LogP contribution is -1.98. The van der Waals surface area contributed by atoms with Crippen LogP contribution >= 0.6 is 12.6 Å². The number of aromatic nitrogens is 2. The molecule has 1 aromatic rings. The molecule has 0 radical (unpaired) electrons. The number of hydrogen-bond acceptors (Lipinski definition) is 2. The Hall–Kier alpha value is -0.440. The molecule has 2 nitrogen and oxygen atoms in total. The Bertz CT molecular complexity index is 183. The van der Waals surface area contributed by atoms with E-state index in [0.29, 0.717) is 0 Å². The molecule has 0 N–H and O–H groups in total. The average molecular weight is 142 g/mol. The van der Waals surface area contributed by atoms with Crippen LogP contribution in [-0.4, -0.2) is 15.5 Å². The first-order valence-electron chi connectivity index (χ1n) is 2.93. The van der Waals surface area contributed by atoms with Gasteiger partial charge in [0.15, 0.2) is 0 Å². The molecule has 50 valence electrons. The minimum atomic E-state index is 0.848. The van der Waals surface area contributed by atoms with Gasteiger partial charge in [0.1, 0.15) is 0 Å². The average Bonchev–Trinajstić information content (AvgIpc) is 2.17. The van der Waals surface area contributed by atoms with Gasteiger partial charge >= 0.3 is 0 Å². The Morgan fingerprint density at radius 1 is 1.78 bits per heavy atom. The highest BCUT2D eigenvalue weighted by atomic mass is 32.1. The van der Waals surface area contributed by atoms with Gasteiger partial charge in [-0.05, 0) is 12.5 Å². The van der Waals surface area contributed by atoms with Crippen molar-refractivity contribution in [3.05, 3.63) is 18.0 Å². The van der Waals surface area contributed by atoms with Crippen LogP contribution in [0.5, 0.6) is 0 Å². The highest BCUT2D eigenvalue weighted by Gasteiger charge is 1.89. The second kappa shape index (κ2) is 2.92. The molecule has 0 bridgehead atoms. The van der Waals surface area contributed by atoms with E-state index in [9.17, 15) is 0 Å². The van der Waals surface area contributed by atoms with Gasteiger partial charge in [-0.2, -0.15) is 17.7 Å². The van der Waals surface area contributed by atoms with Gasteiger partial charge < -0.3 is 0 Å². The molecule has 3 heteroatoms. The van der Waals surface area contributed by atoms with Crippen LogP contribution in [0.1, 0.15) is 5.56 Å². The van der Waals surface area contributed by atoms with Crippen molar-refractivity contribution in [2.24, 2.45) is 0 Å².